The van der Waals surface area contributed by atoms with E-state index in [0.717, 1.165) is 22.6 Å². The first kappa shape index (κ1) is 28.2. The van der Waals surface area contributed by atoms with Gasteiger partial charge in [0.25, 0.3) is 0 Å². The van der Waals surface area contributed by atoms with E-state index in [4.69, 9.17) is 9.47 Å². The molecular weight excluding hydrogens is 638 g/mol. The van der Waals surface area contributed by atoms with Gasteiger partial charge in [-0.15, -0.1) is 0 Å². The number of methoxy groups -OCH3 is 2. The molecule has 206 valence electrons. The van der Waals surface area contributed by atoms with Crippen LogP contribution in [0.4, 0.5) is 0 Å². The molecule has 6 aromatic rings. The summed E-state index contributed by atoms with van der Waals surface area (Å²) in [5.41, 5.74) is 2.29. The normalized spacial score (nSPS) is 11.0. The maximum absolute atomic E-state index is 6.19. The fourth-order valence-corrected chi connectivity index (χ4v) is 15.8. The van der Waals surface area contributed by atoms with Crippen LogP contribution in [0.5, 0.6) is 11.5 Å². The third-order valence-electron chi connectivity index (χ3n) is 7.24. The first-order valence-corrected chi connectivity index (χ1v) is 19.6. The van der Waals surface area contributed by atoms with Crippen molar-refractivity contribution in [3.8, 4) is 22.6 Å². The maximum atomic E-state index is 6.19. The third kappa shape index (κ3) is 5.71. The van der Waals surface area contributed by atoms with Gasteiger partial charge in [0.15, 0.2) is 0 Å². The van der Waals surface area contributed by atoms with E-state index in [0.29, 0.717) is 0 Å². The van der Waals surface area contributed by atoms with Crippen LogP contribution in [0.25, 0.3) is 11.1 Å². The van der Waals surface area contributed by atoms with Gasteiger partial charge in [-0.3, -0.25) is 0 Å². The van der Waals surface area contributed by atoms with Gasteiger partial charge in [0.1, 0.15) is 0 Å². The van der Waals surface area contributed by atoms with Crippen LogP contribution in [0.1, 0.15) is 0 Å². The van der Waals surface area contributed by atoms with Crippen molar-refractivity contribution in [1.29, 1.82) is 0 Å². The summed E-state index contributed by atoms with van der Waals surface area (Å²) in [5, 5.41) is 0. The van der Waals surface area contributed by atoms with Gasteiger partial charge in [0.2, 0.25) is 0 Å². The summed E-state index contributed by atoms with van der Waals surface area (Å²) in [6, 6.07) is 57.0. The average molecular weight is 671 g/mol. The van der Waals surface area contributed by atoms with E-state index in [1.54, 1.807) is 14.2 Å². The Labute approximate surface area is 258 Å². The van der Waals surface area contributed by atoms with Crippen LogP contribution in [0, 0.1) is 0 Å². The molecule has 0 radical (unpaired) electrons. The Hall–Kier alpha value is -3.96. The van der Waals surface area contributed by atoms with Gasteiger partial charge < -0.3 is 0 Å². The molecular formula is C38H32As2O2. The summed E-state index contributed by atoms with van der Waals surface area (Å²) in [4.78, 5) is 0. The van der Waals surface area contributed by atoms with Gasteiger partial charge >= 0.3 is 259 Å². The first-order valence-electron chi connectivity index (χ1n) is 13.9. The van der Waals surface area contributed by atoms with Crippen molar-refractivity contribution in [1.82, 2.24) is 0 Å². The molecule has 0 bridgehead atoms. The van der Waals surface area contributed by atoms with Crippen molar-refractivity contribution in [2.45, 2.75) is 0 Å². The molecule has 0 heterocycles. The predicted octanol–water partition coefficient (Wildman–Crippen LogP) is 4.40. The van der Waals surface area contributed by atoms with E-state index < -0.39 is 29.3 Å². The Morgan fingerprint density at radius 1 is 0.333 bits per heavy atom. The minimum atomic E-state index is -2.01. The Morgan fingerprint density at radius 3 is 0.881 bits per heavy atom. The van der Waals surface area contributed by atoms with Gasteiger partial charge in [-0.1, -0.05) is 0 Å². The fraction of sp³-hybridized carbons (Fsp3) is 0.0526. The van der Waals surface area contributed by atoms with Crippen LogP contribution < -0.4 is 35.6 Å². The summed E-state index contributed by atoms with van der Waals surface area (Å²) in [7, 11) is 3.56. The van der Waals surface area contributed by atoms with Crippen LogP contribution >= 0.6 is 0 Å². The number of ether oxygens (including phenoxy) is 2. The zero-order valence-corrected chi connectivity index (χ0v) is 27.5. The molecule has 0 fully saturated rings. The van der Waals surface area contributed by atoms with Crippen molar-refractivity contribution in [3.05, 3.63) is 158 Å². The zero-order valence-electron chi connectivity index (χ0n) is 23.7. The molecule has 4 heteroatoms. The van der Waals surface area contributed by atoms with Gasteiger partial charge in [-0.2, -0.15) is 0 Å². The predicted molar refractivity (Wildman–Crippen MR) is 180 cm³/mol. The van der Waals surface area contributed by atoms with Crippen LogP contribution in [0.15, 0.2) is 158 Å². The molecule has 0 aliphatic carbocycles. The van der Waals surface area contributed by atoms with E-state index in [1.165, 1.54) is 26.1 Å². The molecule has 0 spiro atoms. The van der Waals surface area contributed by atoms with Crippen LogP contribution in [0.2, 0.25) is 0 Å². The Kier molecular flexibility index (Phi) is 8.95. The molecule has 0 saturated carbocycles. The number of benzene rings is 6. The summed E-state index contributed by atoms with van der Waals surface area (Å²) >= 11 is -4.01. The van der Waals surface area contributed by atoms with Crippen molar-refractivity contribution in [2.75, 3.05) is 14.2 Å². The van der Waals surface area contributed by atoms with Crippen molar-refractivity contribution >= 4 is 55.4 Å². The van der Waals surface area contributed by atoms with Crippen LogP contribution in [-0.4, -0.2) is 43.5 Å². The number of hydrogen-bond donors (Lipinski definition) is 0. The van der Waals surface area contributed by atoms with Gasteiger partial charge in [-0.25, -0.2) is 0 Å². The standard InChI is InChI=1S/C38H32As2O2/c1-41-35-27-15-25-33(39(29-17-7-3-8-18-29)30-19-9-4-10-20-30)37(35)38-34(26-16-28-36(38)42-2)40(31-21-11-5-12-22-31)32-23-13-6-14-24-32/h3-28H,1-2H3. The Balaban J connectivity index is 1.69. The van der Waals surface area contributed by atoms with E-state index in [-0.39, 0.29) is 0 Å². The number of hydrogen-bond acceptors (Lipinski definition) is 2. The molecule has 0 amide bonds. The molecule has 6 rings (SSSR count). The van der Waals surface area contributed by atoms with Gasteiger partial charge in [0.05, 0.1) is 0 Å². The second kappa shape index (κ2) is 13.3. The Morgan fingerprint density at radius 2 is 0.619 bits per heavy atom. The average Bonchev–Trinajstić information content (AvgIpc) is 3.07. The topological polar surface area (TPSA) is 18.5 Å². The van der Waals surface area contributed by atoms with E-state index >= 15 is 0 Å². The molecule has 0 aliphatic rings. The van der Waals surface area contributed by atoms with Crippen LogP contribution in [0.3, 0.4) is 0 Å². The monoisotopic (exact) mass is 670 g/mol. The summed E-state index contributed by atoms with van der Waals surface area (Å²) in [6.45, 7) is 0. The van der Waals surface area contributed by atoms with Gasteiger partial charge in [0, 0.05) is 0 Å². The molecule has 0 aliphatic heterocycles. The first-order chi connectivity index (χ1) is 20.8. The molecule has 6 aromatic carbocycles. The third-order valence-corrected chi connectivity index (χ3v) is 17.7. The molecule has 2 nitrogen and oxygen atoms in total. The van der Waals surface area contributed by atoms with Crippen molar-refractivity contribution < 1.29 is 9.47 Å². The van der Waals surface area contributed by atoms with Crippen molar-refractivity contribution in [2.24, 2.45) is 0 Å². The molecule has 0 unspecified atom stereocenters. The van der Waals surface area contributed by atoms with Crippen LogP contribution in [-0.2, 0) is 0 Å². The summed E-state index contributed by atoms with van der Waals surface area (Å²) in [5.74, 6) is 1.75. The Bertz CT molecular complexity index is 1530. The molecule has 0 saturated heterocycles. The van der Waals surface area contributed by atoms with Gasteiger partial charge in [-0.05, 0) is 0 Å². The molecule has 0 aromatic heterocycles. The summed E-state index contributed by atoms with van der Waals surface area (Å²) in [6.07, 6.45) is 0. The molecule has 0 atom stereocenters. The second-order valence-electron chi connectivity index (χ2n) is 9.72. The molecule has 42 heavy (non-hydrogen) atoms. The van der Waals surface area contributed by atoms with E-state index in [2.05, 4.69) is 158 Å². The fourth-order valence-electron chi connectivity index (χ4n) is 5.42. The quantitative estimate of drug-likeness (QED) is 0.213. The number of rotatable bonds is 9. The summed E-state index contributed by atoms with van der Waals surface area (Å²) < 4.78 is 20.6. The van der Waals surface area contributed by atoms with E-state index in [9.17, 15) is 0 Å². The van der Waals surface area contributed by atoms with E-state index in [1.807, 2.05) is 0 Å². The second-order valence-corrected chi connectivity index (χ2v) is 18.9. The minimum absolute atomic E-state index is 0.875. The molecule has 0 N–H and O–H groups in total. The SMILES string of the molecule is COc1cccc([As](c2ccccc2)c2ccccc2)c1-c1c(OC)cccc1[As](c1ccccc1)c1ccccc1. The van der Waals surface area contributed by atoms with Crippen molar-refractivity contribution in [3.63, 3.8) is 0 Å². The zero-order chi connectivity index (χ0) is 28.7.